The fraction of sp³-hybridized carbons (Fsp3) is 0.538. The van der Waals surface area contributed by atoms with Gasteiger partial charge in [-0.3, -0.25) is 9.78 Å². The Balaban J connectivity index is 2.74. The van der Waals surface area contributed by atoms with Crippen LogP contribution in [0.4, 0.5) is 0 Å². The van der Waals surface area contributed by atoms with Gasteiger partial charge in [0.15, 0.2) is 0 Å². The molecule has 5 heteroatoms. The third-order valence-corrected chi connectivity index (χ3v) is 2.89. The highest BCUT2D eigenvalue weighted by Gasteiger charge is 2.17. The molecule has 1 amide bonds. The van der Waals surface area contributed by atoms with Crippen LogP contribution in [0, 0.1) is 13.8 Å². The number of alkyl halides is 1. The third-order valence-electron chi connectivity index (χ3n) is 2.62. The second kappa shape index (κ2) is 6.71. The van der Waals surface area contributed by atoms with Crippen LogP contribution in [-0.2, 0) is 4.74 Å². The number of carbonyl (C=O) groups excluding carboxylic acids is 1. The molecule has 0 radical (unpaired) electrons. The Morgan fingerprint density at radius 2 is 2.17 bits per heavy atom. The highest BCUT2D eigenvalue weighted by molar-refractivity contribution is 6.21. The van der Waals surface area contributed by atoms with Gasteiger partial charge in [0.05, 0.1) is 23.2 Å². The number of nitrogens with zero attached hydrogens (tertiary/aromatic N) is 2. The molecule has 18 heavy (non-hydrogen) atoms. The lowest BCUT2D eigenvalue weighted by Gasteiger charge is -2.20. The summed E-state index contributed by atoms with van der Waals surface area (Å²) < 4.78 is 4.95. The van der Waals surface area contributed by atoms with Crippen molar-refractivity contribution in [1.29, 1.82) is 0 Å². The zero-order valence-electron chi connectivity index (χ0n) is 11.2. The van der Waals surface area contributed by atoms with Crippen molar-refractivity contribution in [3.8, 4) is 0 Å². The maximum Gasteiger partial charge on any atom is 0.255 e. The molecule has 100 valence electrons. The van der Waals surface area contributed by atoms with Crippen LogP contribution in [0.25, 0.3) is 0 Å². The number of halogens is 1. The van der Waals surface area contributed by atoms with Crippen LogP contribution < -0.4 is 0 Å². The molecular formula is C13H19ClN2O2. The van der Waals surface area contributed by atoms with Crippen LogP contribution >= 0.6 is 11.6 Å². The average Bonchev–Trinajstić information content (AvgIpc) is 2.28. The molecule has 0 aromatic carbocycles. The number of amides is 1. The van der Waals surface area contributed by atoms with Crippen molar-refractivity contribution < 1.29 is 9.53 Å². The first-order valence-corrected chi connectivity index (χ1v) is 6.22. The molecule has 1 atom stereocenters. The Kier molecular flexibility index (Phi) is 5.56. The first-order valence-electron chi connectivity index (χ1n) is 5.78. The Morgan fingerprint density at radius 3 is 2.72 bits per heavy atom. The van der Waals surface area contributed by atoms with E-state index in [1.807, 2.05) is 19.9 Å². The molecule has 0 saturated carbocycles. The summed E-state index contributed by atoms with van der Waals surface area (Å²) in [7, 11) is 3.32. The van der Waals surface area contributed by atoms with Crippen LogP contribution in [0.1, 0.15) is 21.7 Å². The number of rotatable bonds is 5. The zero-order chi connectivity index (χ0) is 13.7. The van der Waals surface area contributed by atoms with Gasteiger partial charge in [0.1, 0.15) is 0 Å². The molecule has 1 rings (SSSR count). The van der Waals surface area contributed by atoms with Gasteiger partial charge in [0, 0.05) is 26.4 Å². The lowest BCUT2D eigenvalue weighted by atomic mass is 10.1. The Hall–Kier alpha value is -1.13. The van der Waals surface area contributed by atoms with Crippen LogP contribution in [0.5, 0.6) is 0 Å². The molecule has 0 spiro atoms. The van der Waals surface area contributed by atoms with E-state index in [1.54, 1.807) is 25.1 Å². The third kappa shape index (κ3) is 3.96. The van der Waals surface area contributed by atoms with Crippen molar-refractivity contribution in [2.24, 2.45) is 0 Å². The summed E-state index contributed by atoms with van der Waals surface area (Å²) in [6.07, 6.45) is 0. The summed E-state index contributed by atoms with van der Waals surface area (Å²) in [5, 5.41) is -0.206. The molecule has 0 fully saturated rings. The van der Waals surface area contributed by atoms with Gasteiger partial charge in [0.2, 0.25) is 0 Å². The first kappa shape index (κ1) is 14.9. The summed E-state index contributed by atoms with van der Waals surface area (Å²) >= 11 is 6.04. The number of aromatic nitrogens is 1. The van der Waals surface area contributed by atoms with Crippen molar-refractivity contribution in [3.05, 3.63) is 29.1 Å². The molecular weight excluding hydrogens is 252 g/mol. The summed E-state index contributed by atoms with van der Waals surface area (Å²) in [4.78, 5) is 18.1. The maximum atomic E-state index is 12.2. The summed E-state index contributed by atoms with van der Waals surface area (Å²) in [6.45, 7) is 4.60. The topological polar surface area (TPSA) is 42.4 Å². The molecule has 1 aromatic heterocycles. The van der Waals surface area contributed by atoms with E-state index in [-0.39, 0.29) is 11.3 Å². The van der Waals surface area contributed by atoms with E-state index in [4.69, 9.17) is 16.3 Å². The molecule has 4 nitrogen and oxygen atoms in total. The molecule has 1 heterocycles. The number of hydrogen-bond acceptors (Lipinski definition) is 3. The second-order valence-corrected chi connectivity index (χ2v) is 4.94. The Morgan fingerprint density at radius 1 is 1.50 bits per heavy atom. The minimum absolute atomic E-state index is 0.0678. The highest BCUT2D eigenvalue weighted by Crippen LogP contribution is 2.10. The number of pyridine rings is 1. The van der Waals surface area contributed by atoms with Crippen molar-refractivity contribution in [1.82, 2.24) is 9.88 Å². The molecule has 0 aliphatic heterocycles. The fourth-order valence-corrected chi connectivity index (χ4v) is 2.06. The van der Waals surface area contributed by atoms with E-state index in [1.165, 1.54) is 0 Å². The number of methoxy groups -OCH3 is 1. The fourth-order valence-electron chi connectivity index (χ4n) is 1.73. The largest absolute Gasteiger partial charge is 0.383 e. The standard InChI is InChI=1S/C13H19ClN2O2/c1-9-5-6-12(10(2)15-9)13(17)16(3)7-11(14)8-18-4/h5-6,11H,7-8H2,1-4H3. The number of aryl methyl sites for hydroxylation is 2. The second-order valence-electron chi connectivity index (χ2n) is 4.32. The quantitative estimate of drug-likeness (QED) is 0.769. The van der Waals surface area contributed by atoms with Crippen molar-refractivity contribution in [3.63, 3.8) is 0 Å². The van der Waals surface area contributed by atoms with E-state index in [0.29, 0.717) is 18.7 Å². The number of ether oxygens (including phenoxy) is 1. The molecule has 0 saturated heterocycles. The zero-order valence-corrected chi connectivity index (χ0v) is 12.0. The molecule has 0 N–H and O–H groups in total. The van der Waals surface area contributed by atoms with E-state index < -0.39 is 0 Å². The molecule has 0 aliphatic rings. The number of carbonyl (C=O) groups is 1. The van der Waals surface area contributed by atoms with Crippen LogP contribution in [0.15, 0.2) is 12.1 Å². The summed E-state index contributed by atoms with van der Waals surface area (Å²) in [5.41, 5.74) is 2.26. The van der Waals surface area contributed by atoms with Gasteiger partial charge in [-0.05, 0) is 26.0 Å². The summed E-state index contributed by atoms with van der Waals surface area (Å²) in [6, 6.07) is 3.64. The van der Waals surface area contributed by atoms with Crippen molar-refractivity contribution in [2.75, 3.05) is 27.3 Å². The smallest absolute Gasteiger partial charge is 0.255 e. The SMILES string of the molecule is COCC(Cl)CN(C)C(=O)c1ccc(C)nc1C. The van der Waals surface area contributed by atoms with Gasteiger partial charge in [-0.2, -0.15) is 0 Å². The van der Waals surface area contributed by atoms with E-state index in [9.17, 15) is 4.79 Å². The van der Waals surface area contributed by atoms with Gasteiger partial charge in [0.25, 0.3) is 5.91 Å². The lowest BCUT2D eigenvalue weighted by molar-refractivity contribution is 0.0780. The molecule has 1 unspecified atom stereocenters. The Labute approximate surface area is 113 Å². The van der Waals surface area contributed by atoms with Gasteiger partial charge in [-0.15, -0.1) is 11.6 Å². The minimum Gasteiger partial charge on any atom is -0.383 e. The van der Waals surface area contributed by atoms with Crippen LogP contribution in [0.3, 0.4) is 0 Å². The maximum absolute atomic E-state index is 12.2. The highest BCUT2D eigenvalue weighted by atomic mass is 35.5. The molecule has 0 bridgehead atoms. The Bertz CT molecular complexity index is 423. The average molecular weight is 271 g/mol. The first-order chi connectivity index (χ1) is 8.45. The minimum atomic E-state index is -0.206. The van der Waals surface area contributed by atoms with Crippen LogP contribution in [-0.4, -0.2) is 48.5 Å². The van der Waals surface area contributed by atoms with E-state index in [2.05, 4.69) is 4.98 Å². The summed E-state index contributed by atoms with van der Waals surface area (Å²) in [5.74, 6) is -0.0678. The normalized spacial score (nSPS) is 12.3. The van der Waals surface area contributed by atoms with E-state index >= 15 is 0 Å². The van der Waals surface area contributed by atoms with Crippen molar-refractivity contribution >= 4 is 17.5 Å². The predicted octanol–water partition coefficient (Wildman–Crippen LogP) is 2.02. The lowest BCUT2D eigenvalue weighted by Crippen LogP contribution is -2.34. The molecule has 0 aliphatic carbocycles. The number of hydrogen-bond donors (Lipinski definition) is 0. The van der Waals surface area contributed by atoms with Crippen molar-refractivity contribution in [2.45, 2.75) is 19.2 Å². The van der Waals surface area contributed by atoms with E-state index in [0.717, 1.165) is 11.4 Å². The van der Waals surface area contributed by atoms with Gasteiger partial charge < -0.3 is 9.64 Å². The molecule has 1 aromatic rings. The van der Waals surface area contributed by atoms with Gasteiger partial charge in [-0.25, -0.2) is 0 Å². The van der Waals surface area contributed by atoms with Gasteiger partial charge >= 0.3 is 0 Å². The van der Waals surface area contributed by atoms with Crippen LogP contribution in [0.2, 0.25) is 0 Å². The predicted molar refractivity (Wildman–Crippen MR) is 72.2 cm³/mol. The monoisotopic (exact) mass is 270 g/mol. The van der Waals surface area contributed by atoms with Gasteiger partial charge in [-0.1, -0.05) is 0 Å².